The third-order valence-electron chi connectivity index (χ3n) is 6.98. The van der Waals surface area contributed by atoms with Crippen LogP contribution in [0.1, 0.15) is 55.6 Å². The highest BCUT2D eigenvalue weighted by Gasteiger charge is 2.36. The van der Waals surface area contributed by atoms with Crippen molar-refractivity contribution in [1.29, 1.82) is 0 Å². The van der Waals surface area contributed by atoms with Crippen molar-refractivity contribution < 1.29 is 39.9 Å². The molecule has 14 heteroatoms. The van der Waals surface area contributed by atoms with Crippen LogP contribution < -0.4 is 10.1 Å². The van der Waals surface area contributed by atoms with E-state index in [2.05, 4.69) is 15.2 Å². The van der Waals surface area contributed by atoms with Crippen molar-refractivity contribution in [3.05, 3.63) is 34.5 Å². The van der Waals surface area contributed by atoms with Gasteiger partial charge in [-0.1, -0.05) is 24.6 Å². The molecule has 1 N–H and O–H groups in total. The van der Waals surface area contributed by atoms with E-state index >= 15 is 0 Å². The molecule has 1 aliphatic rings. The monoisotopic (exact) mass is 599 g/mol. The van der Waals surface area contributed by atoms with E-state index in [1.54, 1.807) is 6.92 Å². The van der Waals surface area contributed by atoms with Crippen LogP contribution in [0.4, 0.5) is 22.0 Å². The lowest BCUT2D eigenvalue weighted by atomic mass is 9.89. The third kappa shape index (κ3) is 7.84. The van der Waals surface area contributed by atoms with Crippen LogP contribution in [-0.4, -0.2) is 54.9 Å². The summed E-state index contributed by atoms with van der Waals surface area (Å²) in [7, 11) is -3.11. The fourth-order valence-corrected chi connectivity index (χ4v) is 6.16. The van der Waals surface area contributed by atoms with Crippen LogP contribution >= 0.6 is 11.6 Å². The lowest BCUT2D eigenvalue weighted by molar-refractivity contribution is -0.169. The highest BCUT2D eigenvalue weighted by atomic mass is 35.5. The number of carbonyl (C=O) groups is 1. The van der Waals surface area contributed by atoms with Gasteiger partial charge in [-0.2, -0.15) is 27.1 Å². The van der Waals surface area contributed by atoms with Gasteiger partial charge in [0.25, 0.3) is 5.91 Å². The number of nitrogens with zero attached hydrogens (tertiary/aromatic N) is 2. The van der Waals surface area contributed by atoms with Gasteiger partial charge < -0.3 is 10.1 Å². The topological polar surface area (TPSA) is 90.3 Å². The number of hydrogen-bond acceptors (Lipinski definition) is 5. The lowest BCUT2D eigenvalue weighted by Crippen LogP contribution is -2.34. The van der Waals surface area contributed by atoms with E-state index in [1.807, 2.05) is 0 Å². The van der Waals surface area contributed by atoms with E-state index in [1.165, 1.54) is 23.1 Å². The molecule has 2 aromatic rings. The summed E-state index contributed by atoms with van der Waals surface area (Å²) in [6.45, 7) is -0.0736. The first-order valence-corrected chi connectivity index (χ1v) is 14.8. The molecular weight excluding hydrogens is 569 g/mol. The molecule has 0 aliphatic heterocycles. The molecule has 1 saturated carbocycles. The Morgan fingerprint density at radius 1 is 1.23 bits per heavy atom. The fraction of sp³-hybridized carbons (Fsp3) is 0.600. The zero-order valence-electron chi connectivity index (χ0n) is 21.7. The molecule has 1 atom stereocenters. The van der Waals surface area contributed by atoms with Crippen LogP contribution in [0.15, 0.2) is 18.2 Å². The SMILES string of the molecule is CCn1nc(C(=O)NC[C@H]2CC[C@H](S(C)(=O)=O)CC2)c(Cl)c1-c1ccc(C[C@@H](C)C(F)(F)F)cc1OC(F)F. The molecule has 1 amide bonds. The molecule has 0 unspecified atom stereocenters. The van der Waals surface area contributed by atoms with Gasteiger partial charge in [-0.15, -0.1) is 0 Å². The number of rotatable bonds is 10. The largest absolute Gasteiger partial charge is 0.434 e. The second kappa shape index (κ2) is 12.4. The van der Waals surface area contributed by atoms with E-state index in [4.69, 9.17) is 11.6 Å². The van der Waals surface area contributed by atoms with E-state index in [9.17, 15) is 35.2 Å². The van der Waals surface area contributed by atoms with Gasteiger partial charge in [0, 0.05) is 24.9 Å². The first-order chi connectivity index (χ1) is 18.1. The third-order valence-corrected chi connectivity index (χ3v) is 9.02. The van der Waals surface area contributed by atoms with Gasteiger partial charge in [-0.05, 0) is 62.6 Å². The van der Waals surface area contributed by atoms with Crippen LogP contribution in [0.25, 0.3) is 11.3 Å². The van der Waals surface area contributed by atoms with Crippen LogP contribution in [0, 0.1) is 11.8 Å². The summed E-state index contributed by atoms with van der Waals surface area (Å²) in [6, 6.07) is 3.80. The molecular formula is C25H31ClF5N3O4S. The van der Waals surface area contributed by atoms with E-state index in [-0.39, 0.29) is 57.5 Å². The van der Waals surface area contributed by atoms with Gasteiger partial charge in [0.2, 0.25) is 0 Å². The molecule has 0 saturated heterocycles. The van der Waals surface area contributed by atoms with Crippen molar-refractivity contribution >= 4 is 27.3 Å². The summed E-state index contributed by atoms with van der Waals surface area (Å²) >= 11 is 6.52. The fourth-order valence-electron chi connectivity index (χ4n) is 4.71. The molecule has 0 spiro atoms. The number of halogens is 6. The Balaban J connectivity index is 1.83. The number of sulfone groups is 1. The molecule has 1 heterocycles. The molecule has 1 aliphatic carbocycles. The molecule has 0 bridgehead atoms. The highest BCUT2D eigenvalue weighted by molar-refractivity contribution is 7.91. The second-order valence-corrected chi connectivity index (χ2v) is 12.6. The van der Waals surface area contributed by atoms with Crippen molar-refractivity contribution in [2.45, 2.75) is 70.5 Å². The number of alkyl halides is 5. The summed E-state index contributed by atoms with van der Waals surface area (Å²) < 4.78 is 95.0. The zero-order valence-corrected chi connectivity index (χ0v) is 23.3. The number of carbonyl (C=O) groups excluding carboxylic acids is 1. The number of hydrogen-bond donors (Lipinski definition) is 1. The van der Waals surface area contributed by atoms with E-state index in [0.717, 1.165) is 13.0 Å². The van der Waals surface area contributed by atoms with Gasteiger partial charge in [0.05, 0.1) is 21.9 Å². The van der Waals surface area contributed by atoms with Gasteiger partial charge >= 0.3 is 12.8 Å². The number of nitrogens with one attached hydrogen (secondary N) is 1. The minimum atomic E-state index is -4.46. The molecule has 7 nitrogen and oxygen atoms in total. The quantitative estimate of drug-likeness (QED) is 0.344. The Hall–Kier alpha value is -2.41. The predicted octanol–water partition coefficient (Wildman–Crippen LogP) is 5.90. The summed E-state index contributed by atoms with van der Waals surface area (Å²) in [5, 5.41) is 6.50. The minimum Gasteiger partial charge on any atom is -0.434 e. The number of aryl methyl sites for hydroxylation is 1. The van der Waals surface area contributed by atoms with Crippen LogP contribution in [-0.2, 0) is 22.8 Å². The first kappa shape index (κ1) is 31.1. The van der Waals surface area contributed by atoms with Crippen molar-refractivity contribution in [2.75, 3.05) is 12.8 Å². The number of benzene rings is 1. The number of ether oxygens (including phenoxy) is 1. The normalized spacial score (nSPS) is 19.2. The predicted molar refractivity (Wildman–Crippen MR) is 137 cm³/mol. The molecule has 218 valence electrons. The van der Waals surface area contributed by atoms with E-state index in [0.29, 0.717) is 25.7 Å². The summed E-state index contributed by atoms with van der Waals surface area (Å²) in [6.07, 6.45) is -1.38. The maximum Gasteiger partial charge on any atom is 0.391 e. The Kier molecular flexibility index (Phi) is 9.90. The minimum absolute atomic E-state index is 0.0520. The highest BCUT2D eigenvalue weighted by Crippen LogP contribution is 2.39. The Bertz CT molecular complexity index is 1280. The smallest absolute Gasteiger partial charge is 0.391 e. The summed E-state index contributed by atoms with van der Waals surface area (Å²) in [5.74, 6) is -2.60. The van der Waals surface area contributed by atoms with E-state index < -0.39 is 40.9 Å². The standard InChI is InChI=1S/C25H31ClF5N3O4S/c1-4-34-22(18-10-7-16(11-14(2)25(29,30)31)12-19(18)38-24(27)28)20(26)21(33-34)23(35)32-13-15-5-8-17(9-6-15)39(3,36)37/h7,10,12,14-15,17,24H,4-6,8-9,11,13H2,1-3H3,(H,32,35)/t14-,15-,17-/m1/s1. The summed E-state index contributed by atoms with van der Waals surface area (Å²) in [4.78, 5) is 13.0. The van der Waals surface area contributed by atoms with Gasteiger partial charge in [0.1, 0.15) is 15.6 Å². The Labute approximate surface area is 229 Å². The lowest BCUT2D eigenvalue weighted by Gasteiger charge is -2.27. The maximum absolute atomic E-state index is 13.2. The first-order valence-electron chi connectivity index (χ1n) is 12.5. The molecule has 1 fully saturated rings. The van der Waals surface area contributed by atoms with Gasteiger partial charge in [0.15, 0.2) is 5.69 Å². The van der Waals surface area contributed by atoms with Crippen LogP contribution in [0.2, 0.25) is 5.02 Å². The van der Waals surface area contributed by atoms with Gasteiger partial charge in [-0.3, -0.25) is 9.48 Å². The van der Waals surface area contributed by atoms with Crippen LogP contribution in [0.3, 0.4) is 0 Å². The number of aromatic nitrogens is 2. The van der Waals surface area contributed by atoms with Crippen LogP contribution in [0.5, 0.6) is 5.75 Å². The molecule has 1 aromatic heterocycles. The average molecular weight is 600 g/mol. The Morgan fingerprint density at radius 2 is 1.87 bits per heavy atom. The van der Waals surface area contributed by atoms with Crippen molar-refractivity contribution in [3.63, 3.8) is 0 Å². The Morgan fingerprint density at radius 3 is 2.41 bits per heavy atom. The molecule has 1 aromatic carbocycles. The zero-order chi connectivity index (χ0) is 29.1. The van der Waals surface area contributed by atoms with Gasteiger partial charge in [-0.25, -0.2) is 8.42 Å². The number of amides is 1. The van der Waals surface area contributed by atoms with Crippen molar-refractivity contribution in [2.24, 2.45) is 11.8 Å². The van der Waals surface area contributed by atoms with Crippen molar-refractivity contribution in [3.8, 4) is 17.0 Å². The van der Waals surface area contributed by atoms with Crippen molar-refractivity contribution in [1.82, 2.24) is 15.1 Å². The molecule has 0 radical (unpaired) electrons. The average Bonchev–Trinajstić information content (AvgIpc) is 3.17. The molecule has 39 heavy (non-hydrogen) atoms. The maximum atomic E-state index is 13.2. The second-order valence-electron chi connectivity index (χ2n) is 9.87. The molecule has 3 rings (SSSR count). The summed E-state index contributed by atoms with van der Waals surface area (Å²) in [5.41, 5.74) is 0.165.